The molecule has 0 amide bonds. The molecule has 0 fully saturated rings. The summed E-state index contributed by atoms with van der Waals surface area (Å²) in [7, 11) is 0. The first-order chi connectivity index (χ1) is 9.13. The molecule has 2 rings (SSSR count). The predicted octanol–water partition coefficient (Wildman–Crippen LogP) is 2.93. The summed E-state index contributed by atoms with van der Waals surface area (Å²) >= 11 is 3.49. The van der Waals surface area contributed by atoms with Gasteiger partial charge in [-0.1, -0.05) is 33.6 Å². The number of pyridine rings is 1. The maximum absolute atomic E-state index is 10.6. The second-order valence-corrected chi connectivity index (χ2v) is 5.45. The van der Waals surface area contributed by atoms with Crippen molar-refractivity contribution in [2.24, 2.45) is 5.73 Å². The molecule has 0 saturated heterocycles. The molecule has 0 spiro atoms. The standard InChI is InChI=1S/C15H17BrN2O/c1-10-2-3-14(16)12(8-10)15(19)13(9-17)11-4-6-18-7-5-11/h2-8,13,15,19H,9,17H2,1H3. The Hall–Kier alpha value is -1.23. The highest BCUT2D eigenvalue weighted by Gasteiger charge is 2.23. The molecule has 3 nitrogen and oxygen atoms in total. The van der Waals surface area contributed by atoms with Crippen LogP contribution in [0.2, 0.25) is 0 Å². The van der Waals surface area contributed by atoms with Crippen molar-refractivity contribution < 1.29 is 5.11 Å². The van der Waals surface area contributed by atoms with Crippen LogP contribution >= 0.6 is 15.9 Å². The zero-order valence-corrected chi connectivity index (χ0v) is 12.3. The SMILES string of the molecule is Cc1ccc(Br)c(C(O)C(CN)c2ccncc2)c1. The smallest absolute Gasteiger partial charge is 0.0881 e. The topological polar surface area (TPSA) is 59.1 Å². The minimum atomic E-state index is -0.637. The van der Waals surface area contributed by atoms with E-state index in [0.717, 1.165) is 21.2 Å². The molecule has 0 aliphatic rings. The van der Waals surface area contributed by atoms with Crippen LogP contribution in [0.25, 0.3) is 0 Å². The van der Waals surface area contributed by atoms with Gasteiger partial charge in [0.2, 0.25) is 0 Å². The Morgan fingerprint density at radius 2 is 1.95 bits per heavy atom. The molecular formula is C15H17BrN2O. The lowest BCUT2D eigenvalue weighted by atomic mass is 9.89. The van der Waals surface area contributed by atoms with Gasteiger partial charge in [0, 0.05) is 29.3 Å². The number of halogens is 1. The second kappa shape index (κ2) is 6.28. The fourth-order valence-corrected chi connectivity index (χ4v) is 2.65. The Labute approximate surface area is 121 Å². The molecule has 19 heavy (non-hydrogen) atoms. The Bertz CT molecular complexity index is 545. The van der Waals surface area contributed by atoms with E-state index in [1.54, 1.807) is 12.4 Å². The molecule has 0 bridgehead atoms. The third-order valence-corrected chi connectivity index (χ3v) is 3.96. The molecule has 3 N–H and O–H groups in total. The van der Waals surface area contributed by atoms with Gasteiger partial charge in [0.15, 0.2) is 0 Å². The molecule has 0 aliphatic carbocycles. The molecule has 4 heteroatoms. The quantitative estimate of drug-likeness (QED) is 0.910. The van der Waals surface area contributed by atoms with E-state index in [1.807, 2.05) is 37.3 Å². The highest BCUT2D eigenvalue weighted by molar-refractivity contribution is 9.10. The summed E-state index contributed by atoms with van der Waals surface area (Å²) in [6, 6.07) is 9.73. The normalized spacial score (nSPS) is 14.1. The summed E-state index contributed by atoms with van der Waals surface area (Å²) in [6.45, 7) is 2.39. The largest absolute Gasteiger partial charge is 0.388 e. The van der Waals surface area contributed by atoms with Crippen LogP contribution in [-0.2, 0) is 0 Å². The van der Waals surface area contributed by atoms with Gasteiger partial charge in [-0.05, 0) is 36.2 Å². The number of aliphatic hydroxyl groups excluding tert-OH is 1. The fourth-order valence-electron chi connectivity index (χ4n) is 2.16. The van der Waals surface area contributed by atoms with Gasteiger partial charge in [-0.25, -0.2) is 0 Å². The number of hydrogen-bond donors (Lipinski definition) is 2. The Balaban J connectivity index is 2.36. The van der Waals surface area contributed by atoms with Crippen LogP contribution in [0.15, 0.2) is 47.2 Å². The summed E-state index contributed by atoms with van der Waals surface area (Å²) < 4.78 is 0.901. The van der Waals surface area contributed by atoms with Crippen molar-refractivity contribution in [1.29, 1.82) is 0 Å². The molecule has 1 aromatic carbocycles. The maximum Gasteiger partial charge on any atom is 0.0881 e. The van der Waals surface area contributed by atoms with Crippen LogP contribution < -0.4 is 5.73 Å². The first kappa shape index (κ1) is 14.2. The van der Waals surface area contributed by atoms with E-state index in [1.165, 1.54) is 0 Å². The lowest BCUT2D eigenvalue weighted by Crippen LogP contribution is -2.20. The number of nitrogens with two attached hydrogens (primary N) is 1. The third kappa shape index (κ3) is 3.21. The van der Waals surface area contributed by atoms with Crippen molar-refractivity contribution in [3.05, 3.63) is 63.9 Å². The number of benzene rings is 1. The van der Waals surface area contributed by atoms with Gasteiger partial charge in [0.1, 0.15) is 0 Å². The molecule has 0 radical (unpaired) electrons. The molecule has 0 aliphatic heterocycles. The highest BCUT2D eigenvalue weighted by Crippen LogP contribution is 2.34. The van der Waals surface area contributed by atoms with Gasteiger partial charge in [0.25, 0.3) is 0 Å². The average Bonchev–Trinajstić information content (AvgIpc) is 2.43. The van der Waals surface area contributed by atoms with Gasteiger partial charge in [-0.15, -0.1) is 0 Å². The van der Waals surface area contributed by atoms with Crippen LogP contribution in [0.5, 0.6) is 0 Å². The van der Waals surface area contributed by atoms with E-state index < -0.39 is 6.10 Å². The number of aromatic nitrogens is 1. The number of aliphatic hydroxyl groups is 1. The van der Waals surface area contributed by atoms with E-state index >= 15 is 0 Å². The number of rotatable bonds is 4. The van der Waals surface area contributed by atoms with E-state index in [4.69, 9.17) is 5.73 Å². The van der Waals surface area contributed by atoms with Crippen molar-refractivity contribution in [1.82, 2.24) is 4.98 Å². The maximum atomic E-state index is 10.6. The van der Waals surface area contributed by atoms with Crippen molar-refractivity contribution in [3.63, 3.8) is 0 Å². The molecule has 2 atom stereocenters. The minimum absolute atomic E-state index is 0.138. The van der Waals surface area contributed by atoms with Crippen LogP contribution in [0, 0.1) is 6.92 Å². The molecule has 0 saturated carbocycles. The van der Waals surface area contributed by atoms with Crippen LogP contribution in [-0.4, -0.2) is 16.6 Å². The van der Waals surface area contributed by atoms with Gasteiger partial charge < -0.3 is 10.8 Å². The molecule has 2 aromatic rings. The average molecular weight is 321 g/mol. The number of nitrogens with zero attached hydrogens (tertiary/aromatic N) is 1. The van der Waals surface area contributed by atoms with E-state index in [9.17, 15) is 5.11 Å². The number of hydrogen-bond acceptors (Lipinski definition) is 3. The van der Waals surface area contributed by atoms with Crippen molar-refractivity contribution in [2.45, 2.75) is 18.9 Å². The van der Waals surface area contributed by atoms with E-state index in [0.29, 0.717) is 6.54 Å². The van der Waals surface area contributed by atoms with E-state index in [-0.39, 0.29) is 5.92 Å². The van der Waals surface area contributed by atoms with Crippen LogP contribution in [0.3, 0.4) is 0 Å². The zero-order valence-electron chi connectivity index (χ0n) is 10.8. The highest BCUT2D eigenvalue weighted by atomic mass is 79.9. The molecule has 1 heterocycles. The van der Waals surface area contributed by atoms with Gasteiger partial charge in [-0.2, -0.15) is 0 Å². The van der Waals surface area contributed by atoms with Gasteiger partial charge in [-0.3, -0.25) is 4.98 Å². The van der Waals surface area contributed by atoms with Crippen molar-refractivity contribution >= 4 is 15.9 Å². The summed E-state index contributed by atoms with van der Waals surface area (Å²) in [4.78, 5) is 3.99. The molecule has 2 unspecified atom stereocenters. The van der Waals surface area contributed by atoms with Gasteiger partial charge >= 0.3 is 0 Å². The first-order valence-corrected chi connectivity index (χ1v) is 6.97. The van der Waals surface area contributed by atoms with E-state index in [2.05, 4.69) is 20.9 Å². The summed E-state index contributed by atoms with van der Waals surface area (Å²) in [6.07, 6.45) is 2.80. The first-order valence-electron chi connectivity index (χ1n) is 6.17. The van der Waals surface area contributed by atoms with Crippen molar-refractivity contribution in [2.75, 3.05) is 6.54 Å². The number of aryl methyl sites for hydroxylation is 1. The summed E-state index contributed by atoms with van der Waals surface area (Å²) in [5.74, 6) is -0.138. The van der Waals surface area contributed by atoms with Crippen molar-refractivity contribution in [3.8, 4) is 0 Å². The zero-order chi connectivity index (χ0) is 13.8. The van der Waals surface area contributed by atoms with Gasteiger partial charge in [0.05, 0.1) is 6.10 Å². The molecule has 1 aromatic heterocycles. The Morgan fingerprint density at radius 1 is 1.26 bits per heavy atom. The second-order valence-electron chi connectivity index (χ2n) is 4.59. The summed E-state index contributed by atoms with van der Waals surface area (Å²) in [5.41, 5.74) is 8.82. The lowest BCUT2D eigenvalue weighted by Gasteiger charge is -2.23. The fraction of sp³-hybridized carbons (Fsp3) is 0.267. The Kier molecular flexibility index (Phi) is 4.69. The predicted molar refractivity (Wildman–Crippen MR) is 79.9 cm³/mol. The minimum Gasteiger partial charge on any atom is -0.388 e. The molecular weight excluding hydrogens is 304 g/mol. The van der Waals surface area contributed by atoms with Crippen LogP contribution in [0.4, 0.5) is 0 Å². The molecule has 100 valence electrons. The lowest BCUT2D eigenvalue weighted by molar-refractivity contribution is 0.146. The Morgan fingerprint density at radius 3 is 2.58 bits per heavy atom. The third-order valence-electron chi connectivity index (χ3n) is 3.24. The van der Waals surface area contributed by atoms with Crippen LogP contribution in [0.1, 0.15) is 28.7 Å². The summed E-state index contributed by atoms with van der Waals surface area (Å²) in [5, 5.41) is 10.6. The monoisotopic (exact) mass is 320 g/mol.